The van der Waals surface area contributed by atoms with E-state index in [4.69, 9.17) is 5.73 Å². The molecule has 0 bridgehead atoms. The first-order valence-electron chi connectivity index (χ1n) is 7.10. The van der Waals surface area contributed by atoms with Gasteiger partial charge in [0.2, 0.25) is 5.91 Å². The average molecular weight is 240 g/mol. The molecule has 0 aliphatic heterocycles. The van der Waals surface area contributed by atoms with Crippen molar-refractivity contribution < 1.29 is 4.79 Å². The Morgan fingerprint density at radius 1 is 1.41 bits per heavy atom. The first-order valence-corrected chi connectivity index (χ1v) is 7.10. The Morgan fingerprint density at radius 3 is 2.65 bits per heavy atom. The summed E-state index contributed by atoms with van der Waals surface area (Å²) in [7, 11) is 1.93. The van der Waals surface area contributed by atoms with E-state index in [9.17, 15) is 4.79 Å². The molecule has 1 saturated carbocycles. The van der Waals surface area contributed by atoms with Crippen molar-refractivity contribution in [2.75, 3.05) is 7.05 Å². The van der Waals surface area contributed by atoms with E-state index in [1.54, 1.807) is 0 Å². The highest BCUT2D eigenvalue weighted by Gasteiger charge is 2.29. The van der Waals surface area contributed by atoms with Gasteiger partial charge in [-0.3, -0.25) is 4.79 Å². The van der Waals surface area contributed by atoms with Crippen LogP contribution in [0, 0.1) is 5.92 Å². The Labute approximate surface area is 106 Å². The summed E-state index contributed by atoms with van der Waals surface area (Å²) in [4.78, 5) is 14.2. The maximum absolute atomic E-state index is 12.3. The zero-order valence-corrected chi connectivity index (χ0v) is 11.6. The van der Waals surface area contributed by atoms with Gasteiger partial charge in [-0.2, -0.15) is 0 Å². The number of nitrogens with zero attached hydrogens (tertiary/aromatic N) is 1. The fourth-order valence-electron chi connectivity index (χ4n) is 2.77. The van der Waals surface area contributed by atoms with E-state index in [-0.39, 0.29) is 23.9 Å². The van der Waals surface area contributed by atoms with Crippen LogP contribution in [0.3, 0.4) is 0 Å². The summed E-state index contributed by atoms with van der Waals surface area (Å²) >= 11 is 0. The normalized spacial score (nSPS) is 26.6. The Bertz CT molecular complexity index is 242. The van der Waals surface area contributed by atoms with Gasteiger partial charge in [-0.25, -0.2) is 0 Å². The summed E-state index contributed by atoms with van der Waals surface area (Å²) in [6.45, 7) is 4.21. The topological polar surface area (TPSA) is 46.3 Å². The molecule has 1 rings (SSSR count). The minimum atomic E-state index is 0.147. The maximum Gasteiger partial charge on any atom is 0.225 e. The third kappa shape index (κ3) is 3.98. The predicted octanol–water partition coefficient (Wildman–Crippen LogP) is 2.54. The van der Waals surface area contributed by atoms with Gasteiger partial charge < -0.3 is 10.6 Å². The lowest BCUT2D eigenvalue weighted by atomic mass is 9.89. The Hall–Kier alpha value is -0.570. The highest BCUT2D eigenvalue weighted by atomic mass is 16.2. The number of unbranched alkanes of at least 4 members (excludes halogenated alkanes) is 1. The average Bonchev–Trinajstić information content (AvgIpc) is 2.34. The van der Waals surface area contributed by atoms with Crippen LogP contribution >= 0.6 is 0 Å². The Morgan fingerprint density at radius 2 is 2.06 bits per heavy atom. The molecule has 1 amide bonds. The van der Waals surface area contributed by atoms with E-state index in [1.165, 1.54) is 12.8 Å². The van der Waals surface area contributed by atoms with Crippen LogP contribution in [0.1, 0.15) is 58.8 Å². The zero-order valence-electron chi connectivity index (χ0n) is 11.6. The fourth-order valence-corrected chi connectivity index (χ4v) is 2.77. The minimum Gasteiger partial charge on any atom is -0.341 e. The molecule has 0 heterocycles. The predicted molar refractivity (Wildman–Crippen MR) is 71.7 cm³/mol. The Kier molecular flexibility index (Phi) is 5.96. The van der Waals surface area contributed by atoms with Crippen molar-refractivity contribution >= 4 is 5.91 Å². The number of carbonyl (C=O) groups is 1. The van der Waals surface area contributed by atoms with E-state index in [1.807, 2.05) is 18.9 Å². The molecule has 1 aliphatic carbocycles. The van der Waals surface area contributed by atoms with Gasteiger partial charge in [-0.05, 0) is 19.3 Å². The second kappa shape index (κ2) is 7.00. The standard InChI is InChI=1S/C14H28N2O/c1-4-5-8-11(2)14(17)16(3)13-10-7-6-9-12(13)15/h11-13H,4-10,15H2,1-3H3. The number of hydrogen-bond donors (Lipinski definition) is 1. The van der Waals surface area contributed by atoms with Crippen LogP contribution in [0.15, 0.2) is 0 Å². The number of rotatable bonds is 5. The molecule has 0 saturated heterocycles. The molecule has 1 aliphatic rings. The van der Waals surface area contributed by atoms with Crippen LogP contribution in [-0.4, -0.2) is 29.9 Å². The number of likely N-dealkylation sites (N-methyl/N-ethyl adjacent to an activating group) is 1. The molecule has 1 fully saturated rings. The van der Waals surface area contributed by atoms with Crippen molar-refractivity contribution in [3.63, 3.8) is 0 Å². The van der Waals surface area contributed by atoms with Gasteiger partial charge in [-0.15, -0.1) is 0 Å². The lowest BCUT2D eigenvalue weighted by Crippen LogP contribution is -2.51. The molecular weight excluding hydrogens is 212 g/mol. The van der Waals surface area contributed by atoms with E-state index in [2.05, 4.69) is 6.92 Å². The molecule has 0 aromatic heterocycles. The van der Waals surface area contributed by atoms with Crippen molar-refractivity contribution in [3.8, 4) is 0 Å². The van der Waals surface area contributed by atoms with Crippen molar-refractivity contribution in [2.45, 2.75) is 70.9 Å². The largest absolute Gasteiger partial charge is 0.341 e. The third-order valence-electron chi connectivity index (χ3n) is 4.04. The molecule has 17 heavy (non-hydrogen) atoms. The summed E-state index contributed by atoms with van der Waals surface area (Å²) in [5.74, 6) is 0.426. The zero-order chi connectivity index (χ0) is 12.8. The fraction of sp³-hybridized carbons (Fsp3) is 0.929. The van der Waals surface area contributed by atoms with E-state index < -0.39 is 0 Å². The molecule has 3 heteroatoms. The van der Waals surface area contributed by atoms with Crippen molar-refractivity contribution in [3.05, 3.63) is 0 Å². The second-order valence-corrected chi connectivity index (χ2v) is 5.51. The van der Waals surface area contributed by atoms with E-state index >= 15 is 0 Å². The van der Waals surface area contributed by atoms with Gasteiger partial charge in [-0.1, -0.05) is 39.5 Å². The quantitative estimate of drug-likeness (QED) is 0.802. The molecule has 100 valence electrons. The minimum absolute atomic E-state index is 0.147. The van der Waals surface area contributed by atoms with E-state index in [0.717, 1.165) is 32.1 Å². The molecule has 0 radical (unpaired) electrons. The maximum atomic E-state index is 12.3. The summed E-state index contributed by atoms with van der Waals surface area (Å²) in [5.41, 5.74) is 6.12. The van der Waals surface area contributed by atoms with Gasteiger partial charge in [0.25, 0.3) is 0 Å². The van der Waals surface area contributed by atoms with E-state index in [0.29, 0.717) is 0 Å². The molecular formula is C14H28N2O. The summed E-state index contributed by atoms with van der Waals surface area (Å²) in [6.07, 6.45) is 7.85. The summed E-state index contributed by atoms with van der Waals surface area (Å²) in [6, 6.07) is 0.441. The molecule has 3 unspecified atom stereocenters. The van der Waals surface area contributed by atoms with Gasteiger partial charge >= 0.3 is 0 Å². The lowest BCUT2D eigenvalue weighted by Gasteiger charge is -2.37. The molecule has 0 aromatic carbocycles. The van der Waals surface area contributed by atoms with Crippen molar-refractivity contribution in [1.82, 2.24) is 4.90 Å². The molecule has 3 atom stereocenters. The van der Waals surface area contributed by atoms with Crippen molar-refractivity contribution in [2.24, 2.45) is 11.7 Å². The van der Waals surface area contributed by atoms with Gasteiger partial charge in [0.05, 0.1) is 0 Å². The molecule has 0 spiro atoms. The van der Waals surface area contributed by atoms with Gasteiger partial charge in [0.15, 0.2) is 0 Å². The lowest BCUT2D eigenvalue weighted by molar-refractivity contribution is -0.137. The molecule has 0 aromatic rings. The molecule has 2 N–H and O–H groups in total. The third-order valence-corrected chi connectivity index (χ3v) is 4.04. The van der Waals surface area contributed by atoms with Crippen molar-refractivity contribution in [1.29, 1.82) is 0 Å². The van der Waals surface area contributed by atoms with Crippen LogP contribution in [0.5, 0.6) is 0 Å². The highest BCUT2D eigenvalue weighted by Crippen LogP contribution is 2.23. The van der Waals surface area contributed by atoms with Gasteiger partial charge in [0, 0.05) is 25.0 Å². The number of amides is 1. The van der Waals surface area contributed by atoms with Crippen LogP contribution in [-0.2, 0) is 4.79 Å². The monoisotopic (exact) mass is 240 g/mol. The number of hydrogen-bond acceptors (Lipinski definition) is 2. The summed E-state index contributed by atoms with van der Waals surface area (Å²) < 4.78 is 0. The highest BCUT2D eigenvalue weighted by molar-refractivity contribution is 5.78. The first-order chi connectivity index (χ1) is 8.07. The van der Waals surface area contributed by atoms with Crippen LogP contribution in [0.2, 0.25) is 0 Å². The van der Waals surface area contributed by atoms with Crippen LogP contribution < -0.4 is 5.73 Å². The van der Waals surface area contributed by atoms with Crippen LogP contribution in [0.25, 0.3) is 0 Å². The number of nitrogens with two attached hydrogens (primary N) is 1. The second-order valence-electron chi connectivity index (χ2n) is 5.51. The first kappa shape index (κ1) is 14.5. The van der Waals surface area contributed by atoms with Crippen LogP contribution in [0.4, 0.5) is 0 Å². The molecule has 3 nitrogen and oxygen atoms in total. The smallest absolute Gasteiger partial charge is 0.225 e. The van der Waals surface area contributed by atoms with Gasteiger partial charge in [0.1, 0.15) is 0 Å². The SMILES string of the molecule is CCCCC(C)C(=O)N(C)C1CCCCC1N. The number of carbonyl (C=O) groups excluding carboxylic acids is 1. The summed E-state index contributed by atoms with van der Waals surface area (Å²) in [5, 5.41) is 0. The Balaban J connectivity index is 2.49.